The first-order valence-electron chi connectivity index (χ1n) is 4.08. The zero-order valence-electron chi connectivity index (χ0n) is 7.51. The fourth-order valence-corrected chi connectivity index (χ4v) is 2.37. The lowest BCUT2D eigenvalue weighted by molar-refractivity contribution is 0.340. The van der Waals surface area contributed by atoms with E-state index in [4.69, 9.17) is 10.3 Å². The van der Waals surface area contributed by atoms with Crippen molar-refractivity contribution in [2.24, 2.45) is 5.73 Å². The van der Waals surface area contributed by atoms with E-state index in [9.17, 15) is 4.57 Å². The summed E-state index contributed by atoms with van der Waals surface area (Å²) in [5.74, 6) is 0. The second-order valence-electron chi connectivity index (χ2n) is 2.46. The van der Waals surface area contributed by atoms with Gasteiger partial charge in [0.2, 0.25) is 0 Å². The number of rotatable bonds is 4. The van der Waals surface area contributed by atoms with Gasteiger partial charge < -0.3 is 10.3 Å². The molecule has 1 aromatic heterocycles. The van der Waals surface area contributed by atoms with E-state index in [1.54, 1.807) is 31.3 Å². The fourth-order valence-electron chi connectivity index (χ4n) is 0.976. The van der Waals surface area contributed by atoms with Crippen molar-refractivity contribution in [1.29, 1.82) is 0 Å². The maximum Gasteiger partial charge on any atom is 0.263 e. The first-order chi connectivity index (χ1) is 6.23. The summed E-state index contributed by atoms with van der Waals surface area (Å²) in [4.78, 5) is 3.97. The Morgan fingerprint density at radius 2 is 2.38 bits per heavy atom. The molecule has 0 bridgehead atoms. The van der Waals surface area contributed by atoms with Crippen LogP contribution in [0.1, 0.15) is 6.92 Å². The molecule has 1 heterocycles. The molecule has 0 fully saturated rings. The minimum atomic E-state index is -2.89. The lowest BCUT2D eigenvalue weighted by atomic mass is 10.5. The van der Waals surface area contributed by atoms with Crippen molar-refractivity contribution in [3.63, 3.8) is 0 Å². The van der Waals surface area contributed by atoms with Crippen LogP contribution in [0, 0.1) is 0 Å². The summed E-state index contributed by atoms with van der Waals surface area (Å²) in [6.07, 6.45) is 1.58. The van der Waals surface area contributed by atoms with Crippen molar-refractivity contribution in [2.45, 2.75) is 6.92 Å². The summed E-state index contributed by atoms with van der Waals surface area (Å²) in [5.41, 5.74) is 5.84. The van der Waals surface area contributed by atoms with Crippen molar-refractivity contribution < 1.29 is 9.09 Å². The highest BCUT2D eigenvalue weighted by molar-refractivity contribution is 7.66. The van der Waals surface area contributed by atoms with E-state index < -0.39 is 7.37 Å². The van der Waals surface area contributed by atoms with Crippen LogP contribution >= 0.6 is 7.37 Å². The number of nitrogens with zero attached hydrogens (tertiary/aromatic N) is 1. The van der Waals surface area contributed by atoms with Gasteiger partial charge in [0.15, 0.2) is 0 Å². The summed E-state index contributed by atoms with van der Waals surface area (Å²) in [6, 6.07) is 5.20. The zero-order valence-corrected chi connectivity index (χ0v) is 8.41. The summed E-state index contributed by atoms with van der Waals surface area (Å²) >= 11 is 0. The average molecular weight is 200 g/mol. The van der Waals surface area contributed by atoms with Crippen LogP contribution in [0.25, 0.3) is 0 Å². The highest BCUT2D eigenvalue weighted by atomic mass is 31.2. The molecule has 1 aromatic rings. The molecule has 0 saturated carbocycles. The van der Waals surface area contributed by atoms with Crippen LogP contribution in [0.2, 0.25) is 0 Å². The van der Waals surface area contributed by atoms with Crippen molar-refractivity contribution in [3.05, 3.63) is 24.4 Å². The predicted molar refractivity (Wildman–Crippen MR) is 52.2 cm³/mol. The first kappa shape index (κ1) is 10.4. The van der Waals surface area contributed by atoms with Crippen LogP contribution in [-0.4, -0.2) is 17.9 Å². The Morgan fingerprint density at radius 3 is 2.85 bits per heavy atom. The molecule has 0 aromatic carbocycles. The third-order valence-electron chi connectivity index (χ3n) is 1.58. The Kier molecular flexibility index (Phi) is 3.60. The van der Waals surface area contributed by atoms with E-state index >= 15 is 0 Å². The van der Waals surface area contributed by atoms with E-state index in [-0.39, 0.29) is 6.29 Å². The third kappa shape index (κ3) is 2.37. The monoisotopic (exact) mass is 200 g/mol. The number of nitrogens with two attached hydrogens (primary N) is 1. The molecule has 0 aliphatic rings. The van der Waals surface area contributed by atoms with Gasteiger partial charge in [-0.15, -0.1) is 0 Å². The SMILES string of the molecule is CCOP(=O)(CN)c1ccccn1. The van der Waals surface area contributed by atoms with Crippen LogP contribution in [-0.2, 0) is 9.09 Å². The minimum absolute atomic E-state index is 0.00213. The van der Waals surface area contributed by atoms with E-state index in [0.717, 1.165) is 0 Å². The molecular formula is C8H13N2O2P. The van der Waals surface area contributed by atoms with Gasteiger partial charge in [0.25, 0.3) is 7.37 Å². The van der Waals surface area contributed by atoms with Crippen molar-refractivity contribution in [3.8, 4) is 0 Å². The molecular weight excluding hydrogens is 187 g/mol. The molecule has 0 amide bonds. The molecule has 4 nitrogen and oxygen atoms in total. The van der Waals surface area contributed by atoms with E-state index in [1.807, 2.05) is 0 Å². The summed E-state index contributed by atoms with van der Waals surface area (Å²) in [7, 11) is -2.89. The van der Waals surface area contributed by atoms with Gasteiger partial charge in [-0.1, -0.05) is 6.07 Å². The number of pyridine rings is 1. The van der Waals surface area contributed by atoms with Gasteiger partial charge >= 0.3 is 0 Å². The molecule has 0 saturated heterocycles. The molecule has 72 valence electrons. The Morgan fingerprint density at radius 1 is 1.62 bits per heavy atom. The third-order valence-corrected chi connectivity index (χ3v) is 3.69. The maximum absolute atomic E-state index is 12.0. The molecule has 0 aliphatic carbocycles. The van der Waals surface area contributed by atoms with Gasteiger partial charge in [0.1, 0.15) is 5.44 Å². The minimum Gasteiger partial charge on any atom is -0.324 e. The molecule has 13 heavy (non-hydrogen) atoms. The number of hydrogen-bond donors (Lipinski definition) is 1. The van der Waals surface area contributed by atoms with E-state index in [1.165, 1.54) is 0 Å². The van der Waals surface area contributed by atoms with Crippen LogP contribution in [0.15, 0.2) is 24.4 Å². The number of hydrogen-bond acceptors (Lipinski definition) is 4. The second-order valence-corrected chi connectivity index (χ2v) is 4.89. The first-order valence-corrected chi connectivity index (χ1v) is 5.89. The Bertz CT molecular complexity index is 302. The predicted octanol–water partition coefficient (Wildman–Crippen LogP) is 0.938. The lowest BCUT2D eigenvalue weighted by Gasteiger charge is -2.14. The second kappa shape index (κ2) is 4.51. The largest absolute Gasteiger partial charge is 0.324 e. The molecule has 2 N–H and O–H groups in total. The van der Waals surface area contributed by atoms with Gasteiger partial charge in [0, 0.05) is 6.20 Å². The van der Waals surface area contributed by atoms with Crippen molar-refractivity contribution >= 4 is 12.8 Å². The van der Waals surface area contributed by atoms with Crippen molar-refractivity contribution in [1.82, 2.24) is 4.98 Å². The zero-order chi connectivity index (χ0) is 9.73. The fraction of sp³-hybridized carbons (Fsp3) is 0.375. The molecule has 1 atom stereocenters. The average Bonchev–Trinajstić information content (AvgIpc) is 2.19. The molecule has 1 rings (SSSR count). The smallest absolute Gasteiger partial charge is 0.263 e. The molecule has 0 aliphatic heterocycles. The summed E-state index contributed by atoms with van der Waals surface area (Å²) in [5, 5.41) is 0. The normalized spacial score (nSPS) is 15.2. The number of aromatic nitrogens is 1. The molecule has 5 heteroatoms. The summed E-state index contributed by atoms with van der Waals surface area (Å²) in [6.45, 7) is 2.16. The Labute approximate surface area is 77.6 Å². The Hall–Kier alpha value is -0.700. The van der Waals surface area contributed by atoms with Crippen molar-refractivity contribution in [2.75, 3.05) is 12.9 Å². The topological polar surface area (TPSA) is 65.2 Å². The van der Waals surface area contributed by atoms with Gasteiger partial charge in [-0.2, -0.15) is 0 Å². The molecule has 0 spiro atoms. The van der Waals surface area contributed by atoms with Crippen LogP contribution < -0.4 is 11.2 Å². The van der Waals surface area contributed by atoms with Crippen LogP contribution in [0.4, 0.5) is 0 Å². The van der Waals surface area contributed by atoms with Gasteiger partial charge in [0.05, 0.1) is 12.9 Å². The molecule has 1 unspecified atom stereocenters. The highest BCUT2D eigenvalue weighted by Gasteiger charge is 2.24. The van der Waals surface area contributed by atoms with E-state index in [2.05, 4.69) is 4.98 Å². The quantitative estimate of drug-likeness (QED) is 0.734. The van der Waals surface area contributed by atoms with Crippen LogP contribution in [0.5, 0.6) is 0 Å². The van der Waals surface area contributed by atoms with Gasteiger partial charge in [-0.25, -0.2) is 0 Å². The maximum atomic E-state index is 12.0. The Balaban J connectivity index is 2.96. The van der Waals surface area contributed by atoms with E-state index in [0.29, 0.717) is 12.0 Å². The lowest BCUT2D eigenvalue weighted by Crippen LogP contribution is -2.17. The standard InChI is InChI=1S/C8H13N2O2P/c1-2-12-13(11,7-9)8-5-3-4-6-10-8/h3-6H,2,7,9H2,1H3. The highest BCUT2D eigenvalue weighted by Crippen LogP contribution is 2.42. The van der Waals surface area contributed by atoms with Crippen LogP contribution in [0.3, 0.4) is 0 Å². The van der Waals surface area contributed by atoms with Gasteiger partial charge in [-0.05, 0) is 19.1 Å². The van der Waals surface area contributed by atoms with Gasteiger partial charge in [-0.3, -0.25) is 9.55 Å². The molecule has 0 radical (unpaired) electrons. The summed E-state index contributed by atoms with van der Waals surface area (Å²) < 4.78 is 17.1.